The number of carbonyl (C=O) groups is 3. The van der Waals surface area contributed by atoms with Crippen LogP contribution in [0.2, 0.25) is 0 Å². The first-order chi connectivity index (χ1) is 15.7. The molecule has 1 aromatic carbocycles. The minimum atomic E-state index is -2.68. The van der Waals surface area contributed by atoms with Crippen molar-refractivity contribution in [2.45, 2.75) is 37.3 Å². The third kappa shape index (κ3) is 2.82. The first-order valence-electron chi connectivity index (χ1n) is 10.5. The van der Waals surface area contributed by atoms with Crippen LogP contribution in [-0.4, -0.2) is 56.0 Å². The van der Waals surface area contributed by atoms with Crippen LogP contribution >= 0.6 is 0 Å². The van der Waals surface area contributed by atoms with Gasteiger partial charge < -0.3 is 36.5 Å². The molecule has 11 heteroatoms. The van der Waals surface area contributed by atoms with E-state index in [0.29, 0.717) is 23.2 Å². The zero-order valence-electron chi connectivity index (χ0n) is 17.4. The van der Waals surface area contributed by atoms with Gasteiger partial charge in [0.15, 0.2) is 17.8 Å². The van der Waals surface area contributed by atoms with Crippen molar-refractivity contribution in [2.24, 2.45) is 11.7 Å². The van der Waals surface area contributed by atoms with Crippen molar-refractivity contribution in [3.63, 3.8) is 0 Å². The quantitative estimate of drug-likeness (QED) is 0.257. The number of hydrogen-bond acceptors (Lipinski definition) is 10. The van der Waals surface area contributed by atoms with E-state index < -0.39 is 52.1 Å². The van der Waals surface area contributed by atoms with Crippen LogP contribution in [0.15, 0.2) is 39.5 Å². The van der Waals surface area contributed by atoms with E-state index in [-0.39, 0.29) is 42.5 Å². The molecular formula is C22H22N4O7. The maximum absolute atomic E-state index is 13.6. The standard InChI is InChI=1S/C22H22N4O7/c23-10-6-11-18(33-7-26-11)15-9(10)4-8-5-13-22(32,19(29)14(8)17(15)28)20(30)16(21(24)31)12(27)2-1-3-25-13/h6-8,13,25,27,29,32H,1-5,23H2,(H2,24,31)/b16-12-/t8-,13+,22-/m0/s1. The van der Waals surface area contributed by atoms with Crippen molar-refractivity contribution < 1.29 is 34.1 Å². The fourth-order valence-corrected chi connectivity index (χ4v) is 5.25. The van der Waals surface area contributed by atoms with Crippen LogP contribution in [0.3, 0.4) is 0 Å². The van der Waals surface area contributed by atoms with Crippen molar-refractivity contribution in [3.05, 3.63) is 46.3 Å². The molecule has 0 fully saturated rings. The van der Waals surface area contributed by atoms with Gasteiger partial charge in [-0.25, -0.2) is 4.98 Å². The maximum atomic E-state index is 13.6. The molecule has 0 radical (unpaired) electrons. The van der Waals surface area contributed by atoms with Crippen molar-refractivity contribution in [2.75, 3.05) is 12.3 Å². The number of fused-ring (bicyclic) bond motifs is 5. The highest BCUT2D eigenvalue weighted by molar-refractivity contribution is 6.24. The number of aliphatic hydroxyl groups excluding tert-OH is 2. The lowest BCUT2D eigenvalue weighted by molar-refractivity contribution is -0.138. The van der Waals surface area contributed by atoms with Gasteiger partial charge in [0, 0.05) is 17.7 Å². The number of aliphatic hydroxyl groups is 3. The molecule has 2 heterocycles. The minimum Gasteiger partial charge on any atom is -0.511 e. The SMILES string of the molecule is NC(=O)/C1=C(\O)CCCN[C@@H]2C[C@@H]3Cc4c(N)cc5ncoc5c4C(=O)C3=C(O)[C@]2(O)C1=O. The molecule has 1 amide bonds. The molecule has 0 saturated carbocycles. The van der Waals surface area contributed by atoms with Gasteiger partial charge in [-0.1, -0.05) is 0 Å². The molecule has 2 aliphatic carbocycles. The van der Waals surface area contributed by atoms with E-state index >= 15 is 0 Å². The Hall–Kier alpha value is -3.70. The molecule has 2 aromatic rings. The average molecular weight is 454 g/mol. The summed E-state index contributed by atoms with van der Waals surface area (Å²) in [5.74, 6) is -5.15. The smallest absolute Gasteiger partial charge is 0.255 e. The summed E-state index contributed by atoms with van der Waals surface area (Å²) in [4.78, 5) is 43.0. The summed E-state index contributed by atoms with van der Waals surface area (Å²) in [6.07, 6.45) is 1.84. The van der Waals surface area contributed by atoms with Gasteiger partial charge >= 0.3 is 0 Å². The molecule has 1 aromatic heterocycles. The van der Waals surface area contributed by atoms with Gasteiger partial charge in [-0.15, -0.1) is 0 Å². The molecular weight excluding hydrogens is 432 g/mol. The Bertz CT molecular complexity index is 1310. The Balaban J connectivity index is 1.74. The number of primary amides is 1. The van der Waals surface area contributed by atoms with Gasteiger partial charge in [0.1, 0.15) is 22.6 Å². The van der Waals surface area contributed by atoms with Crippen molar-refractivity contribution in [1.82, 2.24) is 10.3 Å². The molecule has 3 aliphatic rings. The summed E-state index contributed by atoms with van der Waals surface area (Å²) in [5, 5.41) is 36.1. The van der Waals surface area contributed by atoms with Gasteiger partial charge in [0.2, 0.25) is 11.4 Å². The van der Waals surface area contributed by atoms with E-state index in [9.17, 15) is 29.7 Å². The van der Waals surface area contributed by atoms with Gasteiger partial charge in [-0.05, 0) is 43.4 Å². The summed E-state index contributed by atoms with van der Waals surface area (Å²) in [6.45, 7) is 0.275. The number of hydrogen-bond donors (Lipinski definition) is 6. The Labute approximate surface area is 186 Å². The van der Waals surface area contributed by atoms with E-state index in [0.717, 1.165) is 0 Å². The predicted molar refractivity (Wildman–Crippen MR) is 114 cm³/mol. The summed E-state index contributed by atoms with van der Waals surface area (Å²) >= 11 is 0. The highest BCUT2D eigenvalue weighted by Crippen LogP contribution is 2.46. The number of amides is 1. The fourth-order valence-electron chi connectivity index (χ4n) is 5.25. The number of aromatic nitrogens is 1. The first-order valence-corrected chi connectivity index (χ1v) is 10.5. The molecule has 0 unspecified atom stereocenters. The lowest BCUT2D eigenvalue weighted by Gasteiger charge is -2.44. The molecule has 11 nitrogen and oxygen atoms in total. The van der Waals surface area contributed by atoms with Gasteiger partial charge in [0.25, 0.3) is 5.91 Å². The number of ketones is 2. The maximum Gasteiger partial charge on any atom is 0.255 e. The highest BCUT2D eigenvalue weighted by atomic mass is 16.4. The Morgan fingerprint density at radius 1 is 1.30 bits per heavy atom. The van der Waals surface area contributed by atoms with Crippen LogP contribution in [-0.2, 0) is 16.0 Å². The number of nitrogens with one attached hydrogen (secondary N) is 1. The van der Waals surface area contributed by atoms with E-state index in [2.05, 4.69) is 10.3 Å². The fraction of sp³-hybridized carbons (Fsp3) is 0.364. The predicted octanol–water partition coefficient (Wildman–Crippen LogP) is 0.330. The number of allylic oxidation sites excluding steroid dienone is 2. The molecule has 172 valence electrons. The van der Waals surface area contributed by atoms with Crippen LogP contribution in [0.1, 0.15) is 35.2 Å². The number of nitrogens with zero attached hydrogens (tertiary/aromatic N) is 1. The Kier molecular flexibility index (Phi) is 4.59. The summed E-state index contributed by atoms with van der Waals surface area (Å²) in [7, 11) is 0. The number of anilines is 1. The second kappa shape index (κ2) is 7.15. The zero-order chi connectivity index (χ0) is 23.7. The number of nitrogen functional groups attached to an aromatic ring is 1. The van der Waals surface area contributed by atoms with Crippen LogP contribution in [0.25, 0.3) is 11.1 Å². The topological polar surface area (TPSA) is 202 Å². The zero-order valence-corrected chi connectivity index (χ0v) is 17.4. The van der Waals surface area contributed by atoms with E-state index in [1.807, 2.05) is 0 Å². The molecule has 3 atom stereocenters. The second-order valence-electron chi connectivity index (χ2n) is 8.64. The largest absolute Gasteiger partial charge is 0.511 e. The van der Waals surface area contributed by atoms with Crippen LogP contribution in [0, 0.1) is 5.92 Å². The monoisotopic (exact) mass is 454 g/mol. The third-order valence-corrected chi connectivity index (χ3v) is 6.82. The molecule has 0 spiro atoms. The molecule has 0 saturated heterocycles. The minimum absolute atomic E-state index is 0.0229. The number of nitrogens with two attached hydrogens (primary N) is 2. The molecule has 5 rings (SSSR count). The van der Waals surface area contributed by atoms with Gasteiger partial charge in [-0.2, -0.15) is 0 Å². The van der Waals surface area contributed by atoms with Crippen LogP contribution in [0.4, 0.5) is 5.69 Å². The summed E-state index contributed by atoms with van der Waals surface area (Å²) in [6, 6.07) is 0.566. The van der Waals surface area contributed by atoms with E-state index in [1.165, 1.54) is 6.39 Å². The molecule has 1 aliphatic heterocycles. The van der Waals surface area contributed by atoms with Crippen molar-refractivity contribution in [1.29, 1.82) is 0 Å². The second-order valence-corrected chi connectivity index (χ2v) is 8.64. The summed E-state index contributed by atoms with van der Waals surface area (Å²) in [5.41, 5.74) is 9.42. The lowest BCUT2D eigenvalue weighted by Crippen LogP contribution is -2.62. The van der Waals surface area contributed by atoms with Crippen molar-refractivity contribution >= 4 is 34.3 Å². The average Bonchev–Trinajstić information content (AvgIpc) is 3.22. The number of oxazole rings is 1. The number of benzene rings is 1. The first kappa shape index (κ1) is 21.2. The van der Waals surface area contributed by atoms with E-state index in [4.69, 9.17) is 15.9 Å². The number of Topliss-reactive ketones (excluding diaryl/α,β-unsaturated/α-hetero) is 2. The van der Waals surface area contributed by atoms with Crippen LogP contribution < -0.4 is 16.8 Å². The Morgan fingerprint density at radius 3 is 2.79 bits per heavy atom. The van der Waals surface area contributed by atoms with E-state index in [1.54, 1.807) is 6.07 Å². The number of rotatable bonds is 1. The molecule has 8 N–H and O–H groups in total. The molecule has 0 bridgehead atoms. The third-order valence-electron chi connectivity index (χ3n) is 6.82. The Morgan fingerprint density at radius 2 is 2.06 bits per heavy atom. The normalized spacial score (nSPS) is 30.2. The van der Waals surface area contributed by atoms with Gasteiger partial charge in [-0.3, -0.25) is 14.4 Å². The lowest BCUT2D eigenvalue weighted by atomic mass is 9.65. The highest BCUT2D eigenvalue weighted by Gasteiger charge is 2.57. The number of carbonyl (C=O) groups excluding carboxylic acids is 3. The van der Waals surface area contributed by atoms with Gasteiger partial charge in [0.05, 0.1) is 11.6 Å². The van der Waals surface area contributed by atoms with Crippen molar-refractivity contribution in [3.8, 4) is 0 Å². The van der Waals surface area contributed by atoms with Crippen LogP contribution in [0.5, 0.6) is 0 Å². The molecule has 33 heavy (non-hydrogen) atoms. The summed E-state index contributed by atoms with van der Waals surface area (Å²) < 4.78 is 5.39.